The number of aliphatic hydroxyl groups is 2. The minimum absolute atomic E-state index is 0.0662. The van der Waals surface area contributed by atoms with Crippen LogP contribution in [0.1, 0.15) is 18.9 Å². The molecule has 0 spiro atoms. The second kappa shape index (κ2) is 4.61. The Hall–Kier alpha value is -2.31. The van der Waals surface area contributed by atoms with Gasteiger partial charge in [-0.15, -0.1) is 0 Å². The number of hydrogen-bond acceptors (Lipinski definition) is 7. The number of nitrogens with two attached hydrogens (primary N) is 1. The zero-order valence-corrected chi connectivity index (χ0v) is 10.9. The van der Waals surface area contributed by atoms with Crippen LogP contribution in [0, 0.1) is 22.8 Å². The Bertz CT molecular complexity index is 741. The van der Waals surface area contributed by atoms with Crippen LogP contribution in [0.5, 0.6) is 0 Å². The summed E-state index contributed by atoms with van der Waals surface area (Å²) < 4.78 is 14.9. The van der Waals surface area contributed by atoms with Gasteiger partial charge in [0.05, 0.1) is 25.1 Å². The molecule has 1 saturated carbocycles. The second-order valence-electron chi connectivity index (χ2n) is 5.24. The van der Waals surface area contributed by atoms with E-state index < -0.39 is 24.2 Å². The Labute approximate surface area is 118 Å². The summed E-state index contributed by atoms with van der Waals surface area (Å²) in [7, 11) is 0. The molecule has 110 valence electrons. The maximum atomic E-state index is 13.3. The highest BCUT2D eigenvalue weighted by atomic mass is 19.1. The number of nitrogens with zero attached hydrogens (tertiary/aromatic N) is 5. The third-order valence-corrected chi connectivity index (χ3v) is 4.05. The monoisotopic (exact) mass is 292 g/mol. The smallest absolute Gasteiger partial charge is 0.312 e. The zero-order valence-electron chi connectivity index (χ0n) is 10.9. The Balaban J connectivity index is 2.05. The van der Waals surface area contributed by atoms with E-state index in [1.165, 1.54) is 6.33 Å². The van der Waals surface area contributed by atoms with Crippen LogP contribution >= 0.6 is 0 Å². The number of halogens is 1. The van der Waals surface area contributed by atoms with Crippen molar-refractivity contribution in [2.45, 2.75) is 25.0 Å². The van der Waals surface area contributed by atoms with E-state index in [9.17, 15) is 19.9 Å². The molecule has 1 aliphatic carbocycles. The van der Waals surface area contributed by atoms with E-state index in [0.717, 1.165) is 0 Å². The summed E-state index contributed by atoms with van der Waals surface area (Å²) in [5, 5.41) is 28.6. The first kappa shape index (κ1) is 13.7. The molecule has 8 nitrogen and oxygen atoms in total. The maximum Gasteiger partial charge on any atom is 0.312 e. The number of rotatable bonds is 2. The van der Waals surface area contributed by atoms with Crippen molar-refractivity contribution in [3.8, 4) is 6.07 Å². The molecular formula is C12H13FN6O2. The maximum absolute atomic E-state index is 13.3. The van der Waals surface area contributed by atoms with Crippen molar-refractivity contribution in [3.63, 3.8) is 0 Å². The van der Waals surface area contributed by atoms with E-state index in [-0.39, 0.29) is 35.9 Å². The lowest BCUT2D eigenvalue weighted by Gasteiger charge is -2.21. The minimum atomic E-state index is -1.22. The van der Waals surface area contributed by atoms with Gasteiger partial charge in [0.2, 0.25) is 0 Å². The van der Waals surface area contributed by atoms with Gasteiger partial charge in [0, 0.05) is 6.04 Å². The molecule has 1 fully saturated rings. The van der Waals surface area contributed by atoms with E-state index in [1.54, 1.807) is 4.57 Å². The summed E-state index contributed by atoms with van der Waals surface area (Å²) in [6.07, 6.45) is -0.0475. The standard InChI is InChI=1S/C12H13FN6O2/c13-11-17-9(15)8-10(18-11)19(5-16-8)6-1-7(21)12(2-6,3-14)4-20/h5-7,20-21H,1-2,4H2,(H2,15,17,18)/t6-,7-,12-/m0/s1. The van der Waals surface area contributed by atoms with Gasteiger partial charge in [0.1, 0.15) is 10.9 Å². The van der Waals surface area contributed by atoms with Crippen LogP contribution in [0.25, 0.3) is 11.2 Å². The van der Waals surface area contributed by atoms with Gasteiger partial charge in [0.15, 0.2) is 11.5 Å². The van der Waals surface area contributed by atoms with E-state index >= 15 is 0 Å². The number of anilines is 1. The summed E-state index contributed by atoms with van der Waals surface area (Å²) >= 11 is 0. The molecule has 0 saturated heterocycles. The van der Waals surface area contributed by atoms with Gasteiger partial charge in [-0.25, -0.2) is 4.98 Å². The molecule has 0 aliphatic heterocycles. The van der Waals surface area contributed by atoms with Crippen LogP contribution in [-0.2, 0) is 0 Å². The van der Waals surface area contributed by atoms with Crippen molar-refractivity contribution in [3.05, 3.63) is 12.4 Å². The molecule has 21 heavy (non-hydrogen) atoms. The summed E-state index contributed by atoms with van der Waals surface area (Å²) in [4.78, 5) is 11.1. The molecule has 0 radical (unpaired) electrons. The fourth-order valence-electron chi connectivity index (χ4n) is 2.84. The van der Waals surface area contributed by atoms with Crippen molar-refractivity contribution in [2.24, 2.45) is 5.41 Å². The summed E-state index contributed by atoms with van der Waals surface area (Å²) in [6.45, 7) is -0.445. The SMILES string of the molecule is N#C[C@]1(CO)C[C@@H](n2cnc3c(N)nc(F)nc32)C[C@@H]1O. The van der Waals surface area contributed by atoms with Gasteiger partial charge in [-0.05, 0) is 12.8 Å². The van der Waals surface area contributed by atoms with E-state index in [0.29, 0.717) is 0 Å². The highest BCUT2D eigenvalue weighted by molar-refractivity contribution is 5.81. The van der Waals surface area contributed by atoms with E-state index in [4.69, 9.17) is 5.73 Å². The Morgan fingerprint density at radius 1 is 1.57 bits per heavy atom. The molecule has 0 aromatic carbocycles. The number of aliphatic hydroxyl groups excluding tert-OH is 2. The van der Waals surface area contributed by atoms with Crippen molar-refractivity contribution in [2.75, 3.05) is 12.3 Å². The predicted molar refractivity (Wildman–Crippen MR) is 69.1 cm³/mol. The number of aromatic nitrogens is 4. The first-order chi connectivity index (χ1) is 10.0. The molecule has 1 aliphatic rings. The number of nitriles is 1. The van der Waals surface area contributed by atoms with Crippen LogP contribution < -0.4 is 5.73 Å². The summed E-state index contributed by atoms with van der Waals surface area (Å²) in [5.41, 5.74) is 4.85. The molecule has 9 heteroatoms. The third-order valence-electron chi connectivity index (χ3n) is 4.05. The fraction of sp³-hybridized carbons (Fsp3) is 0.500. The first-order valence-corrected chi connectivity index (χ1v) is 6.36. The van der Waals surface area contributed by atoms with Gasteiger partial charge in [0.25, 0.3) is 0 Å². The van der Waals surface area contributed by atoms with E-state index in [2.05, 4.69) is 15.0 Å². The van der Waals surface area contributed by atoms with Crippen LogP contribution in [0.4, 0.5) is 10.2 Å². The van der Waals surface area contributed by atoms with Crippen molar-refractivity contribution in [1.82, 2.24) is 19.5 Å². The zero-order chi connectivity index (χ0) is 15.2. The highest BCUT2D eigenvalue weighted by Gasteiger charge is 2.48. The average molecular weight is 292 g/mol. The molecule has 3 rings (SSSR count). The molecule has 0 unspecified atom stereocenters. The quantitative estimate of drug-likeness (QED) is 0.649. The van der Waals surface area contributed by atoms with Crippen LogP contribution in [0.2, 0.25) is 0 Å². The average Bonchev–Trinajstić information content (AvgIpc) is 3.00. The Kier molecular flexibility index (Phi) is 3.00. The number of fused-ring (bicyclic) bond motifs is 1. The molecule has 2 aromatic heterocycles. The molecule has 0 amide bonds. The number of nitrogen functional groups attached to an aromatic ring is 1. The molecule has 4 N–H and O–H groups in total. The topological polar surface area (TPSA) is 134 Å². The molecule has 3 atom stereocenters. The largest absolute Gasteiger partial charge is 0.395 e. The number of hydrogen-bond donors (Lipinski definition) is 3. The van der Waals surface area contributed by atoms with Crippen LogP contribution in [0.15, 0.2) is 6.33 Å². The van der Waals surface area contributed by atoms with E-state index in [1.807, 2.05) is 6.07 Å². The molecule has 2 aromatic rings. The van der Waals surface area contributed by atoms with Gasteiger partial charge in [-0.2, -0.15) is 19.6 Å². The highest BCUT2D eigenvalue weighted by Crippen LogP contribution is 2.44. The Morgan fingerprint density at radius 2 is 2.33 bits per heavy atom. The molecular weight excluding hydrogens is 279 g/mol. The minimum Gasteiger partial charge on any atom is -0.395 e. The van der Waals surface area contributed by atoms with Crippen molar-refractivity contribution < 1.29 is 14.6 Å². The summed E-state index contributed by atoms with van der Waals surface area (Å²) in [5.74, 6) is -0.0662. The lowest BCUT2D eigenvalue weighted by molar-refractivity contribution is 0.0460. The molecule has 2 heterocycles. The van der Waals surface area contributed by atoms with Gasteiger partial charge in [-0.1, -0.05) is 0 Å². The predicted octanol–water partition coefficient (Wildman–Crippen LogP) is -0.254. The van der Waals surface area contributed by atoms with Gasteiger partial charge >= 0.3 is 6.08 Å². The third kappa shape index (κ3) is 1.91. The van der Waals surface area contributed by atoms with Crippen molar-refractivity contribution >= 4 is 17.0 Å². The normalized spacial score (nSPS) is 28.9. The van der Waals surface area contributed by atoms with Crippen LogP contribution in [0.3, 0.4) is 0 Å². The molecule has 0 bridgehead atoms. The van der Waals surface area contributed by atoms with Crippen molar-refractivity contribution in [1.29, 1.82) is 5.26 Å². The Morgan fingerprint density at radius 3 is 2.95 bits per heavy atom. The lowest BCUT2D eigenvalue weighted by Crippen LogP contribution is -2.31. The second-order valence-corrected chi connectivity index (χ2v) is 5.24. The van der Waals surface area contributed by atoms with Crippen LogP contribution in [-0.4, -0.2) is 42.4 Å². The first-order valence-electron chi connectivity index (χ1n) is 6.36. The van der Waals surface area contributed by atoms with Gasteiger partial charge in [-0.3, -0.25) is 0 Å². The lowest BCUT2D eigenvalue weighted by atomic mass is 9.87. The fourth-order valence-corrected chi connectivity index (χ4v) is 2.84. The van der Waals surface area contributed by atoms with Gasteiger partial charge < -0.3 is 20.5 Å². The summed E-state index contributed by atoms with van der Waals surface area (Å²) in [6, 6.07) is 1.65. The number of imidazole rings is 1.